The van der Waals surface area contributed by atoms with E-state index in [0.717, 1.165) is 28.9 Å². The first-order valence-electron chi connectivity index (χ1n) is 6.51. The summed E-state index contributed by atoms with van der Waals surface area (Å²) in [5.74, 6) is 0.724. The number of rotatable bonds is 2. The molecule has 0 amide bonds. The van der Waals surface area contributed by atoms with Crippen LogP contribution in [0.5, 0.6) is 0 Å². The first-order valence-corrected chi connectivity index (χ1v) is 7.68. The van der Waals surface area contributed by atoms with E-state index in [4.69, 9.17) is 16.9 Å². The van der Waals surface area contributed by atoms with Crippen molar-refractivity contribution >= 4 is 44.4 Å². The fourth-order valence-electron chi connectivity index (χ4n) is 2.44. The van der Waals surface area contributed by atoms with Gasteiger partial charge in [0.25, 0.3) is 0 Å². The van der Waals surface area contributed by atoms with Gasteiger partial charge in [0.1, 0.15) is 5.52 Å². The van der Waals surface area contributed by atoms with E-state index in [1.165, 1.54) is 0 Å². The van der Waals surface area contributed by atoms with Crippen LogP contribution in [0.4, 0.5) is 5.82 Å². The van der Waals surface area contributed by atoms with Crippen LogP contribution in [0.1, 0.15) is 6.42 Å². The van der Waals surface area contributed by atoms with E-state index >= 15 is 0 Å². The summed E-state index contributed by atoms with van der Waals surface area (Å²) < 4.78 is 0.846. The topological polar surface area (TPSA) is 77.7 Å². The summed E-state index contributed by atoms with van der Waals surface area (Å²) in [5, 5.41) is 12.4. The number of fused-ring (bicyclic) bond motifs is 1. The average Bonchev–Trinajstić information content (AvgIpc) is 2.46. The Morgan fingerprint density at radius 2 is 2.38 bits per heavy atom. The summed E-state index contributed by atoms with van der Waals surface area (Å²) >= 11 is 9.42. The molecular weight excluding hydrogens is 356 g/mol. The highest BCUT2D eigenvalue weighted by atomic mass is 79.9. The molecule has 8 heteroatoms. The molecule has 1 N–H and O–H groups in total. The average molecular weight is 368 g/mol. The minimum atomic E-state index is 0.128. The predicted molar refractivity (Wildman–Crippen MR) is 84.3 cm³/mol. The summed E-state index contributed by atoms with van der Waals surface area (Å²) in [4.78, 5) is 15.1. The third-order valence-electron chi connectivity index (χ3n) is 3.35. The highest BCUT2D eigenvalue weighted by molar-refractivity contribution is 9.10. The Kier molecular flexibility index (Phi) is 4.19. The molecule has 21 heavy (non-hydrogen) atoms. The van der Waals surface area contributed by atoms with Crippen LogP contribution >= 0.6 is 27.5 Å². The number of nitrogens with zero attached hydrogens (tertiary/aromatic N) is 5. The van der Waals surface area contributed by atoms with Crippen molar-refractivity contribution in [1.29, 1.82) is 5.26 Å². The van der Waals surface area contributed by atoms with Gasteiger partial charge in [-0.25, -0.2) is 9.97 Å². The summed E-state index contributed by atoms with van der Waals surface area (Å²) in [6, 6.07) is 4.19. The lowest BCUT2D eigenvalue weighted by molar-refractivity contribution is 0.461. The van der Waals surface area contributed by atoms with Crippen LogP contribution in [0.2, 0.25) is 5.28 Å². The molecule has 1 fully saturated rings. The second kappa shape index (κ2) is 6.10. The molecule has 3 rings (SSSR count). The van der Waals surface area contributed by atoms with E-state index < -0.39 is 0 Å². The van der Waals surface area contributed by atoms with Crippen LogP contribution in [-0.4, -0.2) is 40.6 Å². The van der Waals surface area contributed by atoms with E-state index in [0.29, 0.717) is 18.5 Å². The zero-order chi connectivity index (χ0) is 14.8. The molecule has 0 bridgehead atoms. The van der Waals surface area contributed by atoms with Crippen LogP contribution in [0, 0.1) is 11.3 Å². The van der Waals surface area contributed by atoms with Crippen molar-refractivity contribution in [3.05, 3.63) is 22.0 Å². The molecule has 2 aromatic heterocycles. The van der Waals surface area contributed by atoms with Gasteiger partial charge in [-0.05, 0) is 33.6 Å². The van der Waals surface area contributed by atoms with Crippen LogP contribution in [-0.2, 0) is 0 Å². The van der Waals surface area contributed by atoms with Crippen molar-refractivity contribution in [1.82, 2.24) is 20.3 Å². The maximum atomic E-state index is 8.85. The number of aromatic nitrogens is 3. The molecule has 1 unspecified atom stereocenters. The lowest BCUT2D eigenvalue weighted by atomic mass is 10.1. The standard InChI is InChI=1S/C13H12BrClN6/c14-8-5-10-11(18-6-8)12(20-13(15)19-10)21-4-3-17-9(7-21)1-2-16/h5-6,9,17H,1,3-4,7H2. The van der Waals surface area contributed by atoms with Gasteiger partial charge in [0.05, 0.1) is 18.0 Å². The molecule has 0 aromatic carbocycles. The Hall–Kier alpha value is -1.49. The fraction of sp³-hybridized carbons (Fsp3) is 0.385. The van der Waals surface area contributed by atoms with Gasteiger partial charge in [-0.1, -0.05) is 0 Å². The second-order valence-electron chi connectivity index (χ2n) is 4.80. The number of hydrogen-bond donors (Lipinski definition) is 1. The van der Waals surface area contributed by atoms with Crippen molar-refractivity contribution in [3.63, 3.8) is 0 Å². The van der Waals surface area contributed by atoms with Gasteiger partial charge in [0.15, 0.2) is 5.82 Å². The monoisotopic (exact) mass is 366 g/mol. The van der Waals surface area contributed by atoms with Gasteiger partial charge >= 0.3 is 0 Å². The second-order valence-corrected chi connectivity index (χ2v) is 6.05. The van der Waals surface area contributed by atoms with Gasteiger partial charge in [-0.3, -0.25) is 0 Å². The van der Waals surface area contributed by atoms with Crippen LogP contribution in [0.15, 0.2) is 16.7 Å². The molecule has 1 aliphatic rings. The van der Waals surface area contributed by atoms with E-state index in [-0.39, 0.29) is 11.3 Å². The quantitative estimate of drug-likeness (QED) is 0.819. The largest absolute Gasteiger partial charge is 0.352 e. The number of nitrogens with one attached hydrogen (secondary N) is 1. The SMILES string of the molecule is N#CCC1CN(c2nc(Cl)nc3cc(Br)cnc23)CCN1. The lowest BCUT2D eigenvalue weighted by Crippen LogP contribution is -2.51. The minimum absolute atomic E-state index is 0.128. The number of nitriles is 1. The van der Waals surface area contributed by atoms with E-state index in [9.17, 15) is 0 Å². The zero-order valence-electron chi connectivity index (χ0n) is 11.1. The molecule has 108 valence electrons. The van der Waals surface area contributed by atoms with Crippen molar-refractivity contribution in [2.45, 2.75) is 12.5 Å². The fourth-order valence-corrected chi connectivity index (χ4v) is 2.93. The molecule has 0 radical (unpaired) electrons. The van der Waals surface area contributed by atoms with Gasteiger partial charge in [-0.2, -0.15) is 10.2 Å². The van der Waals surface area contributed by atoms with Crippen molar-refractivity contribution in [2.24, 2.45) is 0 Å². The highest BCUT2D eigenvalue weighted by Gasteiger charge is 2.23. The summed E-state index contributed by atoms with van der Waals surface area (Å²) in [5.41, 5.74) is 1.43. The number of halogens is 2. The molecule has 0 aliphatic carbocycles. The molecule has 0 saturated carbocycles. The normalized spacial score (nSPS) is 18.7. The van der Waals surface area contributed by atoms with Crippen molar-refractivity contribution in [2.75, 3.05) is 24.5 Å². The van der Waals surface area contributed by atoms with Crippen LogP contribution < -0.4 is 10.2 Å². The highest BCUT2D eigenvalue weighted by Crippen LogP contribution is 2.26. The van der Waals surface area contributed by atoms with Gasteiger partial charge in [0.2, 0.25) is 5.28 Å². The molecule has 1 saturated heterocycles. The molecule has 2 aromatic rings. The Bertz CT molecular complexity index is 710. The molecule has 3 heterocycles. The Morgan fingerprint density at radius 1 is 1.52 bits per heavy atom. The van der Waals surface area contributed by atoms with E-state index in [2.05, 4.69) is 47.2 Å². The van der Waals surface area contributed by atoms with E-state index in [1.807, 2.05) is 6.07 Å². The summed E-state index contributed by atoms with van der Waals surface area (Å²) in [6.45, 7) is 2.29. The molecule has 0 spiro atoms. The maximum absolute atomic E-state index is 8.85. The van der Waals surface area contributed by atoms with Gasteiger partial charge in [0, 0.05) is 36.3 Å². The summed E-state index contributed by atoms with van der Waals surface area (Å²) in [7, 11) is 0. The third kappa shape index (κ3) is 3.07. The van der Waals surface area contributed by atoms with Gasteiger partial charge in [-0.15, -0.1) is 0 Å². The van der Waals surface area contributed by atoms with Crippen LogP contribution in [0.3, 0.4) is 0 Å². The number of hydrogen-bond acceptors (Lipinski definition) is 6. The lowest BCUT2D eigenvalue weighted by Gasteiger charge is -2.33. The first kappa shape index (κ1) is 14.4. The number of pyridine rings is 1. The van der Waals surface area contributed by atoms with Crippen molar-refractivity contribution in [3.8, 4) is 6.07 Å². The molecule has 6 nitrogen and oxygen atoms in total. The maximum Gasteiger partial charge on any atom is 0.225 e. The predicted octanol–water partition coefficient (Wildman–Crippen LogP) is 2.13. The minimum Gasteiger partial charge on any atom is -0.352 e. The van der Waals surface area contributed by atoms with Crippen molar-refractivity contribution < 1.29 is 0 Å². The van der Waals surface area contributed by atoms with Gasteiger partial charge < -0.3 is 10.2 Å². The number of anilines is 1. The Morgan fingerprint density at radius 3 is 3.19 bits per heavy atom. The molecule has 1 atom stereocenters. The third-order valence-corrected chi connectivity index (χ3v) is 3.95. The Balaban J connectivity index is 2.01. The van der Waals surface area contributed by atoms with E-state index in [1.54, 1.807) is 6.20 Å². The summed E-state index contributed by atoms with van der Waals surface area (Å²) in [6.07, 6.45) is 2.18. The van der Waals surface area contributed by atoms with Crippen LogP contribution in [0.25, 0.3) is 11.0 Å². The Labute approximate surface area is 135 Å². The smallest absolute Gasteiger partial charge is 0.225 e. The number of piperazine rings is 1. The zero-order valence-corrected chi connectivity index (χ0v) is 13.4. The molecular formula is C13H12BrClN6. The first-order chi connectivity index (χ1) is 10.2. The molecule has 1 aliphatic heterocycles.